The van der Waals surface area contributed by atoms with Crippen LogP contribution in [0.1, 0.15) is 12.8 Å². The van der Waals surface area contributed by atoms with Gasteiger partial charge in [0.05, 0.1) is 24.2 Å². The molecule has 1 atom stereocenters. The van der Waals surface area contributed by atoms with Gasteiger partial charge in [0.15, 0.2) is 5.60 Å². The molecule has 1 unspecified atom stereocenters. The van der Waals surface area contributed by atoms with Gasteiger partial charge in [-0.05, 0) is 0 Å². The predicted octanol–water partition coefficient (Wildman–Crippen LogP) is -4.91. The van der Waals surface area contributed by atoms with Crippen LogP contribution in [0.3, 0.4) is 0 Å². The summed E-state index contributed by atoms with van der Waals surface area (Å²) in [4.78, 5) is 30.5. The molecule has 0 aromatic rings. The Morgan fingerprint density at radius 3 is 1.39 bits per heavy atom. The zero-order valence-electron chi connectivity index (χ0n) is 9.10. The fourth-order valence-electron chi connectivity index (χ4n) is 0.714. The first-order chi connectivity index (χ1) is 7.51. The third-order valence-electron chi connectivity index (χ3n) is 1.29. The van der Waals surface area contributed by atoms with E-state index in [4.69, 9.17) is 33.7 Å². The van der Waals surface area contributed by atoms with E-state index >= 15 is 0 Å². The van der Waals surface area contributed by atoms with E-state index in [1.807, 2.05) is 0 Å². The first kappa shape index (κ1) is 22.6. The second kappa shape index (κ2) is 10.4. The van der Waals surface area contributed by atoms with Crippen molar-refractivity contribution in [3.8, 4) is 0 Å². The van der Waals surface area contributed by atoms with Crippen molar-refractivity contribution in [2.45, 2.75) is 18.4 Å². The first-order valence-electron chi connectivity index (χ1n) is 3.69. The molecule has 0 radical (unpaired) electrons. The van der Waals surface area contributed by atoms with Crippen LogP contribution in [0.15, 0.2) is 0 Å². The van der Waals surface area contributed by atoms with Crippen LogP contribution in [0.5, 0.6) is 0 Å². The molecule has 0 fully saturated rings. The van der Waals surface area contributed by atoms with Gasteiger partial charge in [-0.25, -0.2) is 9.00 Å². The average molecular weight is 296 g/mol. The second-order valence-electron chi connectivity index (χ2n) is 2.69. The predicted molar refractivity (Wildman–Crippen MR) is 48.6 cm³/mol. The van der Waals surface area contributed by atoms with Crippen LogP contribution >= 0.6 is 0 Å². The Bertz CT molecular complexity index is 308. The van der Waals surface area contributed by atoms with Crippen molar-refractivity contribution in [3.63, 3.8) is 0 Å². The number of aliphatic hydroxyl groups is 1. The summed E-state index contributed by atoms with van der Waals surface area (Å²) in [7, 11) is 0. The van der Waals surface area contributed by atoms with Gasteiger partial charge >= 0.3 is 47.5 Å². The minimum Gasteiger partial charge on any atom is -0.750 e. The summed E-state index contributed by atoms with van der Waals surface area (Å²) in [6, 6.07) is 0. The molecule has 0 aromatic heterocycles. The van der Waals surface area contributed by atoms with E-state index < -0.39 is 47.7 Å². The van der Waals surface area contributed by atoms with E-state index in [1.165, 1.54) is 0 Å². The molecule has 0 aliphatic heterocycles. The zero-order chi connectivity index (χ0) is 14.2. The SMILES string of the molecule is O=C(O)CC(O)(CC(=O)O)C(=O)O.O=S([O-])O.[Na+]. The van der Waals surface area contributed by atoms with Crippen molar-refractivity contribution in [1.82, 2.24) is 0 Å². The summed E-state index contributed by atoms with van der Waals surface area (Å²) in [6.07, 6.45) is -2.29. The summed E-state index contributed by atoms with van der Waals surface area (Å²) in [6.45, 7) is 0. The van der Waals surface area contributed by atoms with Crippen LogP contribution < -0.4 is 29.6 Å². The molecule has 0 amide bonds. The molecule has 0 saturated carbocycles. The number of carbonyl (C=O) groups is 3. The van der Waals surface area contributed by atoms with Crippen LogP contribution in [-0.2, 0) is 25.7 Å². The third kappa shape index (κ3) is 13.5. The average Bonchev–Trinajstić information content (AvgIpc) is 1.98. The second-order valence-corrected chi connectivity index (χ2v) is 3.13. The van der Waals surface area contributed by atoms with Gasteiger partial charge in [0.25, 0.3) is 0 Å². The molecule has 12 heteroatoms. The Balaban J connectivity index is -0.000000392. The van der Waals surface area contributed by atoms with Crippen molar-refractivity contribution >= 4 is 29.3 Å². The molecule has 100 valence electrons. The van der Waals surface area contributed by atoms with Gasteiger partial charge in [-0.1, -0.05) is 0 Å². The molecule has 0 aromatic carbocycles. The molecule has 0 rings (SSSR count). The number of hydrogen-bond acceptors (Lipinski definition) is 6. The summed E-state index contributed by atoms with van der Waals surface area (Å²) < 4.78 is 24.1. The molecular weight excluding hydrogens is 287 g/mol. The van der Waals surface area contributed by atoms with Gasteiger partial charge in [-0.15, -0.1) is 0 Å². The van der Waals surface area contributed by atoms with E-state index in [9.17, 15) is 14.4 Å². The Hall–Kier alpha value is -0.560. The van der Waals surface area contributed by atoms with E-state index in [0.717, 1.165) is 0 Å². The van der Waals surface area contributed by atoms with Crippen molar-refractivity contribution in [3.05, 3.63) is 0 Å². The number of aliphatic carboxylic acids is 3. The van der Waals surface area contributed by atoms with Crippen LogP contribution in [0.2, 0.25) is 0 Å². The van der Waals surface area contributed by atoms with Gasteiger partial charge < -0.3 is 29.5 Å². The Morgan fingerprint density at radius 2 is 1.28 bits per heavy atom. The Morgan fingerprint density at radius 1 is 1.06 bits per heavy atom. The largest absolute Gasteiger partial charge is 1.00 e. The number of rotatable bonds is 5. The first-order valence-corrected chi connectivity index (χ1v) is 4.72. The van der Waals surface area contributed by atoms with E-state index in [1.54, 1.807) is 0 Å². The molecule has 0 heterocycles. The molecule has 0 spiro atoms. The fourth-order valence-corrected chi connectivity index (χ4v) is 0.714. The fraction of sp³-hybridized carbons (Fsp3) is 0.500. The van der Waals surface area contributed by atoms with Crippen molar-refractivity contribution < 1.29 is 77.7 Å². The normalized spacial score (nSPS) is 11.3. The quantitative estimate of drug-likeness (QED) is 0.242. The summed E-state index contributed by atoms with van der Waals surface area (Å²) in [5.41, 5.74) is -2.74. The molecule has 10 nitrogen and oxygen atoms in total. The van der Waals surface area contributed by atoms with E-state index in [0.29, 0.717) is 0 Å². The van der Waals surface area contributed by atoms with Crippen molar-refractivity contribution in [2.24, 2.45) is 0 Å². The summed E-state index contributed by atoms with van der Waals surface area (Å²) in [5, 5.41) is 33.8. The van der Waals surface area contributed by atoms with Crippen LogP contribution in [0.25, 0.3) is 0 Å². The van der Waals surface area contributed by atoms with Crippen LogP contribution in [0.4, 0.5) is 0 Å². The smallest absolute Gasteiger partial charge is 0.750 e. The maximum absolute atomic E-state index is 10.3. The summed E-state index contributed by atoms with van der Waals surface area (Å²) in [5.74, 6) is -5.02. The molecule has 18 heavy (non-hydrogen) atoms. The maximum atomic E-state index is 10.3. The minimum absolute atomic E-state index is 0. The van der Waals surface area contributed by atoms with Gasteiger partial charge in [-0.3, -0.25) is 9.59 Å². The molecule has 0 aliphatic rings. The van der Waals surface area contributed by atoms with E-state index in [-0.39, 0.29) is 29.6 Å². The van der Waals surface area contributed by atoms with Crippen molar-refractivity contribution in [2.75, 3.05) is 0 Å². The zero-order valence-corrected chi connectivity index (χ0v) is 11.9. The summed E-state index contributed by atoms with van der Waals surface area (Å²) >= 11 is -2.86. The monoisotopic (exact) mass is 296 g/mol. The van der Waals surface area contributed by atoms with Crippen LogP contribution in [0, 0.1) is 0 Å². The third-order valence-corrected chi connectivity index (χ3v) is 1.29. The maximum Gasteiger partial charge on any atom is 1.00 e. The Labute approximate surface area is 125 Å². The number of carboxylic acids is 3. The van der Waals surface area contributed by atoms with Gasteiger partial charge in [-0.2, -0.15) is 0 Å². The molecule has 0 saturated heterocycles. The molecule has 0 bridgehead atoms. The van der Waals surface area contributed by atoms with Gasteiger partial charge in [0.2, 0.25) is 0 Å². The van der Waals surface area contributed by atoms with E-state index in [2.05, 4.69) is 0 Å². The molecule has 0 aliphatic carbocycles. The van der Waals surface area contributed by atoms with Gasteiger partial charge in [0.1, 0.15) is 0 Å². The molecule has 5 N–H and O–H groups in total. The molecular formula is C6H9NaO10S. The standard InChI is InChI=1S/C6H8O7.Na.H2O3S/c7-3(8)1-6(13,5(11)12)2-4(9)10;;1-4(2)3/h13H,1-2H2,(H,7,8)(H,9,10)(H,11,12);;(H2,1,2,3)/q;+1;/p-1. The van der Waals surface area contributed by atoms with Gasteiger partial charge in [0, 0.05) is 0 Å². The van der Waals surface area contributed by atoms with Crippen molar-refractivity contribution in [1.29, 1.82) is 0 Å². The number of carboxylic acid groups (broad SMARTS) is 3. The number of hydrogen-bond donors (Lipinski definition) is 5. The van der Waals surface area contributed by atoms with Crippen LogP contribution in [-0.4, -0.2) is 57.2 Å². The Kier molecular flexibility index (Phi) is 13.0. The topological polar surface area (TPSA) is 192 Å². The minimum atomic E-state index is -2.86.